The van der Waals surface area contributed by atoms with Crippen molar-refractivity contribution in [3.63, 3.8) is 0 Å². The van der Waals surface area contributed by atoms with Crippen LogP contribution in [0.3, 0.4) is 0 Å². The van der Waals surface area contributed by atoms with Gasteiger partial charge in [0.05, 0.1) is 0 Å². The van der Waals surface area contributed by atoms with Crippen molar-refractivity contribution in [2.75, 3.05) is 13.1 Å². The van der Waals surface area contributed by atoms with E-state index >= 15 is 0 Å². The van der Waals surface area contributed by atoms with Gasteiger partial charge in [0.15, 0.2) is 0 Å². The van der Waals surface area contributed by atoms with E-state index in [4.69, 9.17) is 51.1 Å². The number of hydrogen-bond donors (Lipinski definition) is 3. The molecule has 0 fully saturated rings. The van der Waals surface area contributed by atoms with Gasteiger partial charge in [-0.25, -0.2) is 0 Å². The van der Waals surface area contributed by atoms with Crippen molar-refractivity contribution in [3.8, 4) is 0 Å². The van der Waals surface area contributed by atoms with E-state index in [0.717, 1.165) is 27.7 Å². The molecule has 0 heterocycles. The van der Waals surface area contributed by atoms with E-state index in [1.165, 1.54) is 0 Å². The van der Waals surface area contributed by atoms with E-state index in [1.54, 1.807) is 0 Å². The van der Waals surface area contributed by atoms with Crippen LogP contribution < -0.4 is 115 Å². The average molecular weight is 366 g/mol. The molecule has 0 aromatic heterocycles. The molecule has 10 nitrogen and oxygen atoms in total. The molecule has 0 amide bonds. The van der Waals surface area contributed by atoms with Gasteiger partial charge in [0.25, 0.3) is 5.97 Å². The molecule has 0 atom stereocenters. The minimum atomic E-state index is -1.08. The monoisotopic (exact) mass is 366 g/mol. The predicted octanol–water partition coefficient (Wildman–Crippen LogP) is -13.7. The van der Waals surface area contributed by atoms with Crippen molar-refractivity contribution < 1.29 is 128 Å². The van der Waals surface area contributed by atoms with Crippen LogP contribution in [0.4, 0.5) is 0 Å². The van der Waals surface area contributed by atoms with Crippen molar-refractivity contribution in [1.82, 2.24) is 0 Å². The first-order chi connectivity index (χ1) is 8.84. The summed E-state index contributed by atoms with van der Waals surface area (Å²) < 4.78 is 0. The van der Waals surface area contributed by atoms with E-state index in [1.807, 2.05) is 0 Å². The zero-order valence-electron chi connectivity index (χ0n) is 14.9. The molecule has 0 aromatic carbocycles. The molecule has 13 heteroatoms. The Morgan fingerprint density at radius 1 is 0.696 bits per heavy atom. The summed E-state index contributed by atoms with van der Waals surface area (Å²) in [5, 5.41) is 34.1. The number of carboxylic acid groups (broad SMARTS) is 4. The normalized spacial score (nSPS) is 5.65. The zero-order chi connectivity index (χ0) is 17.7. The fourth-order valence-electron chi connectivity index (χ4n) is 0. The summed E-state index contributed by atoms with van der Waals surface area (Å²) in [6, 6.07) is 0. The average Bonchev–Trinajstić information content (AvgIpc) is 2.13. The number of rotatable bonds is 1. The predicted molar refractivity (Wildman–Crippen MR) is 63.5 cm³/mol. The van der Waals surface area contributed by atoms with Crippen LogP contribution in [-0.2, 0) is 19.2 Å². The number of carbonyl (C=O) groups is 4. The first-order valence-corrected chi connectivity index (χ1v) is 4.97. The van der Waals surface area contributed by atoms with Crippen molar-refractivity contribution in [1.29, 1.82) is 0 Å². The maximum Gasteiger partial charge on any atom is 1.00 e. The third-order valence-corrected chi connectivity index (χ3v) is 0.167. The zero-order valence-corrected chi connectivity index (χ0v) is 20.9. The number of hydrogen-bond acceptors (Lipinski definition) is 9. The van der Waals surface area contributed by atoms with Crippen LogP contribution in [0, 0.1) is 0 Å². The van der Waals surface area contributed by atoms with Crippen molar-refractivity contribution in [3.05, 3.63) is 0 Å². The Morgan fingerprint density at radius 3 is 0.739 bits per heavy atom. The molecule has 0 rings (SSSR count). The maximum absolute atomic E-state index is 9.00. The Hall–Kier alpha value is 0.800. The van der Waals surface area contributed by atoms with Gasteiger partial charge in [-0.1, -0.05) is 0 Å². The first kappa shape index (κ1) is 49.6. The second-order valence-corrected chi connectivity index (χ2v) is 2.57. The molecule has 0 aliphatic rings. The van der Waals surface area contributed by atoms with Gasteiger partial charge in [0.1, 0.15) is 0 Å². The fourth-order valence-corrected chi connectivity index (χ4v) is 0. The van der Waals surface area contributed by atoms with Gasteiger partial charge in [0, 0.05) is 37.9 Å². The van der Waals surface area contributed by atoms with Crippen LogP contribution >= 0.6 is 0 Å². The Kier molecular flexibility index (Phi) is 107. The minimum absolute atomic E-state index is 0. The molecular weight excluding hydrogens is 345 g/mol. The van der Waals surface area contributed by atoms with Crippen molar-refractivity contribution in [2.45, 2.75) is 27.7 Å². The van der Waals surface area contributed by atoms with Crippen molar-refractivity contribution >= 4 is 23.9 Å². The molecule has 0 unspecified atom stereocenters. The summed E-state index contributed by atoms with van der Waals surface area (Å²) >= 11 is 0. The van der Waals surface area contributed by atoms with Gasteiger partial charge in [-0.2, -0.15) is 0 Å². The summed E-state index contributed by atoms with van der Waals surface area (Å²) in [6.45, 7) is 5.19. The summed E-state index contributed by atoms with van der Waals surface area (Å²) in [5.74, 6) is -4.08. The molecule has 0 aliphatic carbocycles. The van der Waals surface area contributed by atoms with Gasteiger partial charge in [0.2, 0.25) is 0 Å². The molecule has 0 aliphatic heterocycles. The number of carboxylic acids is 4. The molecule has 0 saturated heterocycles. The summed E-state index contributed by atoms with van der Waals surface area (Å²) in [5.41, 5.74) is 9.81. The number of carbonyl (C=O) groups excluding carboxylic acids is 3. The molecule has 0 aromatic rings. The molecule has 5 N–H and O–H groups in total. The van der Waals surface area contributed by atoms with Crippen molar-refractivity contribution in [2.24, 2.45) is 11.5 Å². The number of nitrogens with two attached hydrogens (primary N) is 2. The quantitative estimate of drug-likeness (QED) is 0.373. The van der Waals surface area contributed by atoms with Crippen LogP contribution in [0.15, 0.2) is 0 Å². The fraction of sp³-hybridized carbons (Fsp3) is 0.600. The molecule has 0 radical (unpaired) electrons. The van der Waals surface area contributed by atoms with E-state index in [9.17, 15) is 0 Å². The third kappa shape index (κ3) is 3040. The van der Waals surface area contributed by atoms with E-state index < -0.39 is 23.9 Å². The Bertz CT molecular complexity index is 202. The molecule has 23 heavy (non-hydrogen) atoms. The topological polar surface area (TPSA) is 210 Å². The van der Waals surface area contributed by atoms with Gasteiger partial charge < -0.3 is 46.3 Å². The van der Waals surface area contributed by atoms with Gasteiger partial charge in [-0.3, -0.25) is 4.79 Å². The molecule has 122 valence electrons. The van der Waals surface area contributed by atoms with Crippen LogP contribution in [0.1, 0.15) is 27.7 Å². The van der Waals surface area contributed by atoms with E-state index in [0.29, 0.717) is 13.1 Å². The molecule has 0 spiro atoms. The largest absolute Gasteiger partial charge is 1.00 e. The molecule has 0 saturated carbocycles. The Balaban J connectivity index is -0.0000000197. The van der Waals surface area contributed by atoms with Gasteiger partial charge >= 0.3 is 88.7 Å². The Morgan fingerprint density at radius 2 is 0.739 bits per heavy atom. The molecule has 0 bridgehead atoms. The van der Waals surface area contributed by atoms with Crippen LogP contribution in [0.2, 0.25) is 0 Å². The van der Waals surface area contributed by atoms with Crippen LogP contribution in [0.5, 0.6) is 0 Å². The second kappa shape index (κ2) is 49.5. The smallest absolute Gasteiger partial charge is 0.550 e. The second-order valence-electron chi connectivity index (χ2n) is 2.57. The Labute approximate surface area is 202 Å². The van der Waals surface area contributed by atoms with Gasteiger partial charge in [-0.05, 0) is 20.8 Å². The summed E-state index contributed by atoms with van der Waals surface area (Å²) in [7, 11) is 0. The SMILES string of the molecule is CC(=O)O.CC(=O)[O-].CC(=O)[O-].CC(=O)[O-].NCCN.[Na+].[Na+].[Na+]. The maximum atomic E-state index is 9.00. The standard InChI is InChI=1S/C2H8N2.4C2H4O2.3Na/c3-1-2-4;4*1-2(3)4;;;/h1-4H2;4*1H3,(H,3,4);;;/q;;;;;3*+1/p-3. The minimum Gasteiger partial charge on any atom is -0.550 e. The third-order valence-electron chi connectivity index (χ3n) is 0.167. The van der Waals surface area contributed by atoms with E-state index in [-0.39, 0.29) is 88.7 Å². The van der Waals surface area contributed by atoms with Crippen LogP contribution in [-0.4, -0.2) is 42.1 Å². The number of aliphatic carboxylic acids is 4. The molecular formula is C10H21N2Na3O8. The van der Waals surface area contributed by atoms with Gasteiger partial charge in [-0.15, -0.1) is 0 Å². The summed E-state index contributed by atoms with van der Waals surface area (Å²) in [6.07, 6.45) is 0. The summed E-state index contributed by atoms with van der Waals surface area (Å²) in [4.78, 5) is 35.7. The van der Waals surface area contributed by atoms with Crippen LogP contribution in [0.25, 0.3) is 0 Å². The first-order valence-electron chi connectivity index (χ1n) is 4.97. The van der Waals surface area contributed by atoms with E-state index in [2.05, 4.69) is 0 Å².